The average molecular weight is 421 g/mol. The molecule has 0 bridgehead atoms. The summed E-state index contributed by atoms with van der Waals surface area (Å²) in [6.07, 6.45) is 5.50. The van der Waals surface area contributed by atoms with E-state index in [1.54, 1.807) is 42.5 Å². The summed E-state index contributed by atoms with van der Waals surface area (Å²) in [6.45, 7) is 4.27. The highest BCUT2D eigenvalue weighted by molar-refractivity contribution is 5.69. The second kappa shape index (κ2) is 11.3. The van der Waals surface area contributed by atoms with E-state index in [4.69, 9.17) is 9.47 Å². The first-order valence-corrected chi connectivity index (χ1v) is 11.0. The van der Waals surface area contributed by atoms with E-state index in [-0.39, 0.29) is 5.82 Å². The second-order valence-electron chi connectivity index (χ2n) is 7.64. The van der Waals surface area contributed by atoms with Crippen LogP contribution in [0.3, 0.4) is 0 Å². The Morgan fingerprint density at radius 3 is 1.94 bits per heavy atom. The molecule has 0 spiro atoms. The fourth-order valence-corrected chi connectivity index (χ4v) is 3.46. The third-order valence-corrected chi connectivity index (χ3v) is 5.13. The van der Waals surface area contributed by atoms with Crippen molar-refractivity contribution in [1.82, 2.24) is 0 Å². The molecule has 3 rings (SSSR count). The summed E-state index contributed by atoms with van der Waals surface area (Å²) in [5, 5.41) is 0. The molecule has 0 fully saturated rings. The number of ether oxygens (including phenoxy) is 2. The second-order valence-corrected chi connectivity index (χ2v) is 7.64. The molecule has 3 aromatic carbocycles. The molecule has 0 aromatic heterocycles. The van der Waals surface area contributed by atoms with Gasteiger partial charge >= 0.3 is 6.16 Å². The Kier molecular flexibility index (Phi) is 8.22. The molecular weight excluding hydrogens is 391 g/mol. The monoisotopic (exact) mass is 420 g/mol. The summed E-state index contributed by atoms with van der Waals surface area (Å²) in [5.74, 6) is 0.532. The van der Waals surface area contributed by atoms with E-state index in [9.17, 15) is 9.18 Å². The van der Waals surface area contributed by atoms with Gasteiger partial charge in [-0.15, -0.1) is 0 Å². The van der Waals surface area contributed by atoms with Gasteiger partial charge in [0.25, 0.3) is 0 Å². The molecule has 0 atom stereocenters. The predicted molar refractivity (Wildman–Crippen MR) is 122 cm³/mol. The molecule has 0 radical (unpaired) electrons. The number of unbranched alkanes of at least 4 members (excludes halogenated alkanes) is 2. The van der Waals surface area contributed by atoms with Crippen molar-refractivity contribution in [3.63, 3.8) is 0 Å². The molecular formula is C27H29FO3. The van der Waals surface area contributed by atoms with Gasteiger partial charge in [-0.1, -0.05) is 69.5 Å². The lowest BCUT2D eigenvalue weighted by atomic mass is 10.0. The number of benzene rings is 3. The van der Waals surface area contributed by atoms with Crippen molar-refractivity contribution < 1.29 is 18.7 Å². The first kappa shape index (κ1) is 22.5. The molecule has 0 saturated carbocycles. The van der Waals surface area contributed by atoms with Crippen molar-refractivity contribution in [3.8, 4) is 22.6 Å². The van der Waals surface area contributed by atoms with Crippen LogP contribution in [-0.2, 0) is 12.8 Å². The smallest absolute Gasteiger partial charge is 0.395 e. The molecule has 0 saturated heterocycles. The van der Waals surface area contributed by atoms with E-state index in [2.05, 4.69) is 13.8 Å². The lowest BCUT2D eigenvalue weighted by Gasteiger charge is -2.09. The fraction of sp³-hybridized carbons (Fsp3) is 0.296. The van der Waals surface area contributed by atoms with Crippen LogP contribution in [0.4, 0.5) is 9.18 Å². The summed E-state index contributed by atoms with van der Waals surface area (Å²) >= 11 is 0. The van der Waals surface area contributed by atoms with Crippen LogP contribution in [0.15, 0.2) is 66.7 Å². The van der Waals surface area contributed by atoms with Crippen molar-refractivity contribution in [3.05, 3.63) is 83.7 Å². The average Bonchev–Trinajstić information content (AvgIpc) is 2.76. The van der Waals surface area contributed by atoms with Crippen molar-refractivity contribution >= 4 is 6.16 Å². The molecule has 0 N–H and O–H groups in total. The van der Waals surface area contributed by atoms with Gasteiger partial charge in [-0.2, -0.15) is 0 Å². The minimum atomic E-state index is -0.807. The van der Waals surface area contributed by atoms with E-state index in [1.807, 2.05) is 24.3 Å². The van der Waals surface area contributed by atoms with Crippen molar-refractivity contribution in [2.75, 3.05) is 0 Å². The Morgan fingerprint density at radius 1 is 0.742 bits per heavy atom. The maximum atomic E-state index is 14.6. The molecule has 3 nitrogen and oxygen atoms in total. The van der Waals surface area contributed by atoms with Crippen LogP contribution in [0.2, 0.25) is 0 Å². The topological polar surface area (TPSA) is 35.5 Å². The van der Waals surface area contributed by atoms with Crippen molar-refractivity contribution in [2.24, 2.45) is 0 Å². The quantitative estimate of drug-likeness (QED) is 0.202. The molecule has 162 valence electrons. The van der Waals surface area contributed by atoms with Gasteiger partial charge in [0.1, 0.15) is 17.3 Å². The van der Waals surface area contributed by atoms with Crippen LogP contribution in [0, 0.1) is 5.82 Å². The molecule has 31 heavy (non-hydrogen) atoms. The van der Waals surface area contributed by atoms with E-state index in [0.29, 0.717) is 17.1 Å². The molecule has 3 aromatic rings. The molecule has 0 amide bonds. The van der Waals surface area contributed by atoms with Crippen LogP contribution < -0.4 is 9.47 Å². The zero-order valence-electron chi connectivity index (χ0n) is 18.2. The van der Waals surface area contributed by atoms with Gasteiger partial charge in [-0.25, -0.2) is 9.18 Å². The van der Waals surface area contributed by atoms with Crippen LogP contribution in [-0.4, -0.2) is 6.16 Å². The van der Waals surface area contributed by atoms with Gasteiger partial charge in [0.15, 0.2) is 0 Å². The highest BCUT2D eigenvalue weighted by Gasteiger charge is 2.10. The van der Waals surface area contributed by atoms with E-state index in [1.165, 1.54) is 5.56 Å². The first-order valence-electron chi connectivity index (χ1n) is 11.0. The normalized spacial score (nSPS) is 10.7. The number of hydrogen-bond acceptors (Lipinski definition) is 3. The Bertz CT molecular complexity index is 978. The van der Waals surface area contributed by atoms with Gasteiger partial charge in [0.05, 0.1) is 0 Å². The van der Waals surface area contributed by atoms with Crippen molar-refractivity contribution in [2.45, 2.75) is 52.4 Å². The van der Waals surface area contributed by atoms with Gasteiger partial charge in [0.2, 0.25) is 0 Å². The van der Waals surface area contributed by atoms with E-state index < -0.39 is 6.16 Å². The summed E-state index contributed by atoms with van der Waals surface area (Å²) in [4.78, 5) is 12.0. The lowest BCUT2D eigenvalue weighted by molar-refractivity contribution is 0.152. The van der Waals surface area contributed by atoms with Crippen LogP contribution in [0.1, 0.15) is 50.7 Å². The van der Waals surface area contributed by atoms with Crippen LogP contribution in [0.5, 0.6) is 11.5 Å². The Morgan fingerprint density at radius 2 is 1.35 bits per heavy atom. The van der Waals surface area contributed by atoms with Crippen LogP contribution >= 0.6 is 0 Å². The Hall–Kier alpha value is -3.14. The molecule has 0 aliphatic rings. The summed E-state index contributed by atoms with van der Waals surface area (Å²) in [6, 6.07) is 19.5. The summed E-state index contributed by atoms with van der Waals surface area (Å²) in [5.41, 5.74) is 3.46. The minimum Gasteiger partial charge on any atom is -0.395 e. The summed E-state index contributed by atoms with van der Waals surface area (Å²) in [7, 11) is 0. The molecule has 0 aliphatic heterocycles. The Balaban J connectivity index is 1.59. The van der Waals surface area contributed by atoms with Gasteiger partial charge in [-0.3, -0.25) is 0 Å². The number of aryl methyl sites for hydroxylation is 2. The number of carbonyl (C=O) groups is 1. The summed E-state index contributed by atoms with van der Waals surface area (Å²) < 4.78 is 25.0. The number of halogens is 1. The van der Waals surface area contributed by atoms with E-state index in [0.717, 1.165) is 49.7 Å². The fourth-order valence-electron chi connectivity index (χ4n) is 3.46. The van der Waals surface area contributed by atoms with Crippen molar-refractivity contribution in [1.29, 1.82) is 0 Å². The van der Waals surface area contributed by atoms with E-state index >= 15 is 0 Å². The third-order valence-electron chi connectivity index (χ3n) is 5.13. The van der Waals surface area contributed by atoms with Gasteiger partial charge in [-0.05, 0) is 66.3 Å². The standard InChI is InChI=1S/C27H29FO3/c1-3-5-6-8-21-11-18-25(26(28)19-21)22-12-16-24(17-13-22)31-27(29)30-23-14-9-20(7-4-2)10-15-23/h9-19H,3-8H2,1-2H3. The minimum absolute atomic E-state index is 0.242. The maximum Gasteiger partial charge on any atom is 0.519 e. The largest absolute Gasteiger partial charge is 0.519 e. The van der Waals surface area contributed by atoms with Crippen LogP contribution in [0.25, 0.3) is 11.1 Å². The highest BCUT2D eigenvalue weighted by Crippen LogP contribution is 2.26. The molecule has 4 heteroatoms. The highest BCUT2D eigenvalue weighted by atomic mass is 19.1. The molecule has 0 aliphatic carbocycles. The van der Waals surface area contributed by atoms with Gasteiger partial charge < -0.3 is 9.47 Å². The molecule has 0 heterocycles. The number of carbonyl (C=O) groups excluding carboxylic acids is 1. The number of hydrogen-bond donors (Lipinski definition) is 0. The SMILES string of the molecule is CCCCCc1ccc(-c2ccc(OC(=O)Oc3ccc(CCC)cc3)cc2)c(F)c1. The zero-order chi connectivity index (χ0) is 22.1. The zero-order valence-corrected chi connectivity index (χ0v) is 18.2. The maximum absolute atomic E-state index is 14.6. The predicted octanol–water partition coefficient (Wildman–Crippen LogP) is 7.76. The molecule has 0 unspecified atom stereocenters. The Labute approximate surface area is 183 Å². The third kappa shape index (κ3) is 6.68. The lowest BCUT2D eigenvalue weighted by Crippen LogP contribution is -2.13. The van der Waals surface area contributed by atoms with Gasteiger partial charge in [0, 0.05) is 5.56 Å². The number of rotatable bonds is 9. The first-order chi connectivity index (χ1) is 15.1.